The van der Waals surface area contributed by atoms with Crippen molar-refractivity contribution in [3.05, 3.63) is 49.1 Å². The Morgan fingerprint density at radius 3 is 2.15 bits per heavy atom. The lowest BCUT2D eigenvalue weighted by molar-refractivity contribution is 0.0600. The van der Waals surface area contributed by atoms with Crippen molar-refractivity contribution in [1.82, 2.24) is 0 Å². The highest BCUT2D eigenvalue weighted by Gasteiger charge is 2.14. The van der Waals surface area contributed by atoms with Crippen molar-refractivity contribution >= 4 is 51.2 Å². The maximum Gasteiger partial charge on any atom is 0.337 e. The highest BCUT2D eigenvalue weighted by atomic mass is 127. The van der Waals surface area contributed by atoms with Gasteiger partial charge in [-0.3, -0.25) is 0 Å². The van der Waals surface area contributed by atoms with E-state index in [0.29, 0.717) is 17.1 Å². The van der Waals surface area contributed by atoms with Gasteiger partial charge in [-0.15, -0.1) is 0 Å². The fourth-order valence-corrected chi connectivity index (χ4v) is 3.51. The predicted octanol–water partition coefficient (Wildman–Crippen LogP) is 4.18. The molecule has 6 heteroatoms. The van der Waals surface area contributed by atoms with E-state index in [1.54, 1.807) is 36.4 Å². The van der Waals surface area contributed by atoms with E-state index in [1.807, 2.05) is 0 Å². The summed E-state index contributed by atoms with van der Waals surface area (Å²) in [4.78, 5) is 11.5. The van der Waals surface area contributed by atoms with Crippen LogP contribution in [0.3, 0.4) is 0 Å². The number of ether oxygens (including phenoxy) is 2. The van der Waals surface area contributed by atoms with Gasteiger partial charge in [0.1, 0.15) is 11.5 Å². The number of phenolic OH excluding ortho intramolecular Hbond substituents is 1. The number of phenols is 1. The van der Waals surface area contributed by atoms with E-state index in [0.717, 1.165) is 7.14 Å². The number of halogens is 2. The zero-order valence-corrected chi connectivity index (χ0v) is 14.7. The second-order valence-electron chi connectivity index (χ2n) is 3.86. The molecular formula is C14H10I2O4. The van der Waals surface area contributed by atoms with Crippen molar-refractivity contribution < 1.29 is 19.4 Å². The fourth-order valence-electron chi connectivity index (χ4n) is 1.53. The smallest absolute Gasteiger partial charge is 0.337 e. The first kappa shape index (κ1) is 15.4. The molecule has 0 unspecified atom stereocenters. The first-order chi connectivity index (χ1) is 9.51. The molecule has 0 heterocycles. The molecule has 104 valence electrons. The third-order valence-corrected chi connectivity index (χ3v) is 4.08. The van der Waals surface area contributed by atoms with Gasteiger partial charge in [-0.05, 0) is 81.6 Å². The molecule has 2 rings (SSSR count). The summed E-state index contributed by atoms with van der Waals surface area (Å²) < 4.78 is 12.1. The Kier molecular flexibility index (Phi) is 5.08. The van der Waals surface area contributed by atoms with Gasteiger partial charge in [0.05, 0.1) is 19.8 Å². The summed E-state index contributed by atoms with van der Waals surface area (Å²) in [5, 5.41) is 9.25. The van der Waals surface area contributed by atoms with Crippen LogP contribution in [0, 0.1) is 7.14 Å². The van der Waals surface area contributed by atoms with Crippen molar-refractivity contribution in [3.63, 3.8) is 0 Å². The molecule has 2 aromatic rings. The Balaban J connectivity index is 2.33. The van der Waals surface area contributed by atoms with Gasteiger partial charge in [0, 0.05) is 0 Å². The zero-order chi connectivity index (χ0) is 14.7. The second-order valence-corrected chi connectivity index (χ2v) is 6.18. The normalized spacial score (nSPS) is 10.2. The molecule has 0 atom stereocenters. The fraction of sp³-hybridized carbons (Fsp3) is 0.0714. The molecule has 4 nitrogen and oxygen atoms in total. The van der Waals surface area contributed by atoms with E-state index in [4.69, 9.17) is 9.47 Å². The van der Waals surface area contributed by atoms with Gasteiger partial charge in [0.15, 0.2) is 5.75 Å². The van der Waals surface area contributed by atoms with Gasteiger partial charge in [0.25, 0.3) is 0 Å². The third kappa shape index (κ3) is 3.54. The second kappa shape index (κ2) is 6.61. The molecule has 0 amide bonds. The van der Waals surface area contributed by atoms with Crippen molar-refractivity contribution in [2.45, 2.75) is 0 Å². The van der Waals surface area contributed by atoms with E-state index >= 15 is 0 Å². The topological polar surface area (TPSA) is 55.8 Å². The maximum absolute atomic E-state index is 11.5. The number of benzene rings is 2. The Morgan fingerprint density at radius 1 is 1.10 bits per heavy atom. The van der Waals surface area contributed by atoms with E-state index in [-0.39, 0.29) is 11.7 Å². The zero-order valence-electron chi connectivity index (χ0n) is 10.4. The number of methoxy groups -OCH3 is 1. The van der Waals surface area contributed by atoms with E-state index in [1.165, 1.54) is 7.11 Å². The molecule has 0 bridgehead atoms. The molecular weight excluding hydrogens is 486 g/mol. The van der Waals surface area contributed by atoms with Gasteiger partial charge in [-0.1, -0.05) is 0 Å². The van der Waals surface area contributed by atoms with Crippen LogP contribution in [-0.2, 0) is 4.74 Å². The number of carbonyl (C=O) groups excluding carboxylic acids is 1. The van der Waals surface area contributed by atoms with Gasteiger partial charge >= 0.3 is 5.97 Å². The standard InChI is InChI=1S/C14H10I2O4/c1-19-14(18)8-6-11(15)13(12(16)7-8)20-10-4-2-9(17)3-5-10/h2-7,17H,1H3. The molecule has 0 fully saturated rings. The van der Waals surface area contributed by atoms with Crippen LogP contribution in [0.5, 0.6) is 17.2 Å². The average molecular weight is 496 g/mol. The van der Waals surface area contributed by atoms with Crippen molar-refractivity contribution in [2.75, 3.05) is 7.11 Å². The summed E-state index contributed by atoms with van der Waals surface area (Å²) in [7, 11) is 1.35. The van der Waals surface area contributed by atoms with Crippen LogP contribution in [0.1, 0.15) is 10.4 Å². The summed E-state index contributed by atoms with van der Waals surface area (Å²) in [5.41, 5.74) is 0.486. The van der Waals surface area contributed by atoms with Crippen LogP contribution in [0.4, 0.5) is 0 Å². The molecule has 0 aliphatic carbocycles. The van der Waals surface area contributed by atoms with Crippen LogP contribution in [-0.4, -0.2) is 18.2 Å². The quantitative estimate of drug-likeness (QED) is 0.512. The Bertz CT molecular complexity index is 615. The molecule has 20 heavy (non-hydrogen) atoms. The van der Waals surface area contributed by atoms with Gasteiger partial charge < -0.3 is 14.6 Å². The van der Waals surface area contributed by atoms with Gasteiger partial charge in [0.2, 0.25) is 0 Å². The van der Waals surface area contributed by atoms with Crippen molar-refractivity contribution in [1.29, 1.82) is 0 Å². The van der Waals surface area contributed by atoms with Gasteiger partial charge in [-0.25, -0.2) is 4.79 Å². The first-order valence-electron chi connectivity index (χ1n) is 5.55. The molecule has 0 aliphatic rings. The van der Waals surface area contributed by atoms with Crippen LogP contribution < -0.4 is 4.74 Å². The number of rotatable bonds is 3. The Morgan fingerprint density at radius 2 is 1.65 bits per heavy atom. The lowest BCUT2D eigenvalue weighted by Gasteiger charge is -2.11. The molecule has 0 saturated heterocycles. The van der Waals surface area contributed by atoms with Crippen LogP contribution >= 0.6 is 45.2 Å². The summed E-state index contributed by atoms with van der Waals surface area (Å²) in [5.74, 6) is 1.09. The highest BCUT2D eigenvalue weighted by molar-refractivity contribution is 14.1. The molecule has 0 saturated carbocycles. The maximum atomic E-state index is 11.5. The molecule has 0 aliphatic heterocycles. The number of esters is 1. The predicted molar refractivity (Wildman–Crippen MR) is 91.4 cm³/mol. The third-order valence-electron chi connectivity index (χ3n) is 2.48. The Labute approximate surface area is 143 Å². The van der Waals surface area contributed by atoms with Crippen LogP contribution in [0.15, 0.2) is 36.4 Å². The van der Waals surface area contributed by atoms with Gasteiger partial charge in [-0.2, -0.15) is 0 Å². The SMILES string of the molecule is COC(=O)c1cc(I)c(Oc2ccc(O)cc2)c(I)c1. The molecule has 1 N–H and O–H groups in total. The summed E-state index contributed by atoms with van der Waals surface area (Å²) in [6.45, 7) is 0. The number of hydrogen-bond acceptors (Lipinski definition) is 4. The lowest BCUT2D eigenvalue weighted by Crippen LogP contribution is -2.03. The molecule has 0 radical (unpaired) electrons. The van der Waals surface area contributed by atoms with Crippen molar-refractivity contribution in [2.24, 2.45) is 0 Å². The minimum Gasteiger partial charge on any atom is -0.508 e. The minimum atomic E-state index is -0.378. The summed E-state index contributed by atoms with van der Waals surface area (Å²) >= 11 is 4.22. The Hall–Kier alpha value is -1.03. The van der Waals surface area contributed by atoms with Crippen LogP contribution in [0.2, 0.25) is 0 Å². The van der Waals surface area contributed by atoms with E-state index < -0.39 is 0 Å². The van der Waals surface area contributed by atoms with Crippen LogP contribution in [0.25, 0.3) is 0 Å². The summed E-state index contributed by atoms with van der Waals surface area (Å²) in [6.07, 6.45) is 0. The minimum absolute atomic E-state index is 0.183. The highest BCUT2D eigenvalue weighted by Crippen LogP contribution is 2.33. The molecule has 2 aromatic carbocycles. The number of carbonyl (C=O) groups is 1. The molecule has 0 aromatic heterocycles. The number of hydrogen-bond donors (Lipinski definition) is 1. The van der Waals surface area contributed by atoms with E-state index in [9.17, 15) is 9.90 Å². The molecule has 0 spiro atoms. The number of aromatic hydroxyl groups is 1. The lowest BCUT2D eigenvalue weighted by atomic mass is 10.2. The van der Waals surface area contributed by atoms with E-state index in [2.05, 4.69) is 45.2 Å². The van der Waals surface area contributed by atoms with Crippen molar-refractivity contribution in [3.8, 4) is 17.2 Å². The largest absolute Gasteiger partial charge is 0.508 e. The summed E-state index contributed by atoms with van der Waals surface area (Å²) in [6, 6.07) is 9.88. The monoisotopic (exact) mass is 496 g/mol. The average Bonchev–Trinajstić information content (AvgIpc) is 2.43. The first-order valence-corrected chi connectivity index (χ1v) is 7.71.